The van der Waals surface area contributed by atoms with Crippen LogP contribution in [-0.2, 0) is 22.6 Å². The molecule has 1 saturated heterocycles. The number of aliphatic hydroxyl groups is 1. The van der Waals surface area contributed by atoms with Crippen molar-refractivity contribution >= 4 is 11.8 Å². The van der Waals surface area contributed by atoms with Crippen molar-refractivity contribution in [2.45, 2.75) is 43.2 Å². The summed E-state index contributed by atoms with van der Waals surface area (Å²) in [6.07, 6.45) is 3.56. The van der Waals surface area contributed by atoms with E-state index in [-0.39, 0.29) is 18.8 Å². The van der Waals surface area contributed by atoms with E-state index in [4.69, 9.17) is 15.2 Å². The van der Waals surface area contributed by atoms with Gasteiger partial charge in [-0.2, -0.15) is 0 Å². The van der Waals surface area contributed by atoms with Gasteiger partial charge in [0.1, 0.15) is 0 Å². The molecule has 6 nitrogen and oxygen atoms in total. The van der Waals surface area contributed by atoms with Gasteiger partial charge in [-0.3, -0.25) is 0 Å². The molecule has 1 aliphatic heterocycles. The van der Waals surface area contributed by atoms with Crippen LogP contribution in [0.3, 0.4) is 0 Å². The predicted molar refractivity (Wildman–Crippen MR) is 141 cm³/mol. The molecular formula is C29H29N3O3S. The van der Waals surface area contributed by atoms with E-state index in [1.807, 2.05) is 42.5 Å². The Morgan fingerprint density at radius 2 is 1.58 bits per heavy atom. The number of benzene rings is 3. The smallest absolute Gasteiger partial charge is 0.187 e. The molecule has 0 amide bonds. The predicted octanol–water partition coefficient (Wildman–Crippen LogP) is 5.43. The van der Waals surface area contributed by atoms with Gasteiger partial charge >= 0.3 is 0 Å². The number of aliphatic hydroxyl groups excluding tert-OH is 1. The van der Waals surface area contributed by atoms with Crippen molar-refractivity contribution in [2.75, 3.05) is 5.75 Å². The van der Waals surface area contributed by atoms with Gasteiger partial charge in [-0.05, 0) is 39.9 Å². The summed E-state index contributed by atoms with van der Waals surface area (Å²) >= 11 is 1.58. The maximum atomic E-state index is 9.41. The number of thioether (sulfide) groups is 1. The number of nitrogens with two attached hydrogens (primary N) is 1. The highest BCUT2D eigenvalue weighted by Gasteiger charge is 2.32. The van der Waals surface area contributed by atoms with Gasteiger partial charge in [-0.25, -0.2) is 9.97 Å². The lowest BCUT2D eigenvalue weighted by atomic mass is 9.99. The van der Waals surface area contributed by atoms with Crippen LogP contribution in [0.5, 0.6) is 0 Å². The van der Waals surface area contributed by atoms with Crippen molar-refractivity contribution in [2.24, 2.45) is 5.73 Å². The highest BCUT2D eigenvalue weighted by atomic mass is 32.2. The number of hydrogen-bond donors (Lipinski definition) is 2. The van der Waals surface area contributed by atoms with Gasteiger partial charge in [0.15, 0.2) is 11.4 Å². The molecule has 4 aromatic rings. The second kappa shape index (κ2) is 11.8. The topological polar surface area (TPSA) is 90.5 Å². The zero-order chi connectivity index (χ0) is 24.7. The Morgan fingerprint density at radius 1 is 0.833 bits per heavy atom. The van der Waals surface area contributed by atoms with Gasteiger partial charge in [0.25, 0.3) is 0 Å². The van der Waals surface area contributed by atoms with Crippen molar-refractivity contribution in [1.29, 1.82) is 0 Å². The first-order valence-electron chi connectivity index (χ1n) is 12.0. The standard InChI is InChI=1S/C29H29N3O3S/c30-17-21-3-1-4-25(15-21)22-9-11-24(12-10-22)28-34-26(19-36-29-31-13-2-14-32-29)16-27(35-28)23-7-5-20(18-33)6-8-23/h1-15,26-28,33H,16-19,30H2/t26-,27+,28+/m1/s1. The van der Waals surface area contributed by atoms with Gasteiger partial charge in [-0.15, -0.1) is 0 Å². The SMILES string of the molecule is NCc1cccc(-c2ccc([C@H]3O[C@@H](CSc4ncccn4)C[C@@H](c4ccc(CO)cc4)O3)cc2)c1. The second-order valence-corrected chi connectivity index (χ2v) is 9.71. The number of hydrogen-bond acceptors (Lipinski definition) is 7. The van der Waals surface area contributed by atoms with E-state index in [0.717, 1.165) is 50.7 Å². The first-order valence-corrected chi connectivity index (χ1v) is 13.0. The Labute approximate surface area is 215 Å². The van der Waals surface area contributed by atoms with Crippen LogP contribution in [-0.4, -0.2) is 26.9 Å². The summed E-state index contributed by atoms with van der Waals surface area (Å²) in [5.74, 6) is 0.721. The van der Waals surface area contributed by atoms with E-state index in [1.165, 1.54) is 0 Å². The minimum Gasteiger partial charge on any atom is -0.392 e. The van der Waals surface area contributed by atoms with Crippen LogP contribution in [0, 0.1) is 0 Å². The molecule has 3 aromatic carbocycles. The molecule has 5 rings (SSSR count). The van der Waals surface area contributed by atoms with Crippen LogP contribution in [0.1, 0.15) is 41.1 Å². The van der Waals surface area contributed by atoms with Gasteiger partial charge in [-0.1, -0.05) is 78.5 Å². The largest absolute Gasteiger partial charge is 0.392 e. The van der Waals surface area contributed by atoms with Crippen LogP contribution in [0.2, 0.25) is 0 Å². The Hall–Kier alpha value is -3.07. The van der Waals surface area contributed by atoms with Gasteiger partial charge < -0.3 is 20.3 Å². The number of nitrogens with zero attached hydrogens (tertiary/aromatic N) is 2. The Kier molecular flexibility index (Phi) is 8.05. The van der Waals surface area contributed by atoms with E-state index in [0.29, 0.717) is 6.54 Å². The van der Waals surface area contributed by atoms with Crippen molar-refractivity contribution in [3.63, 3.8) is 0 Å². The van der Waals surface area contributed by atoms with E-state index in [9.17, 15) is 5.11 Å². The van der Waals surface area contributed by atoms with Crippen LogP contribution < -0.4 is 5.73 Å². The third-order valence-electron chi connectivity index (χ3n) is 6.23. The summed E-state index contributed by atoms with van der Waals surface area (Å²) in [6, 6.07) is 26.3. The number of ether oxygens (including phenoxy) is 2. The van der Waals surface area contributed by atoms with Crippen molar-refractivity contribution in [1.82, 2.24) is 9.97 Å². The molecule has 7 heteroatoms. The molecule has 0 radical (unpaired) electrons. The second-order valence-electron chi connectivity index (χ2n) is 8.72. The molecule has 1 aliphatic rings. The lowest BCUT2D eigenvalue weighted by molar-refractivity contribution is -0.245. The Morgan fingerprint density at radius 3 is 2.31 bits per heavy atom. The molecule has 0 spiro atoms. The van der Waals surface area contributed by atoms with Gasteiger partial charge in [0.05, 0.1) is 18.8 Å². The molecule has 2 heterocycles. The molecule has 0 unspecified atom stereocenters. The summed E-state index contributed by atoms with van der Waals surface area (Å²) in [4.78, 5) is 8.64. The zero-order valence-electron chi connectivity index (χ0n) is 19.9. The molecule has 0 aliphatic carbocycles. The van der Waals surface area contributed by atoms with E-state index < -0.39 is 6.29 Å². The highest BCUT2D eigenvalue weighted by molar-refractivity contribution is 7.99. The summed E-state index contributed by atoms with van der Waals surface area (Å²) in [5, 5.41) is 10.1. The van der Waals surface area contributed by atoms with Crippen LogP contribution in [0.15, 0.2) is 96.4 Å². The first kappa shape index (κ1) is 24.6. The van der Waals surface area contributed by atoms with Gasteiger partial charge in [0, 0.05) is 36.7 Å². The van der Waals surface area contributed by atoms with Crippen molar-refractivity contribution < 1.29 is 14.6 Å². The minimum atomic E-state index is -0.493. The fraction of sp³-hybridized carbons (Fsp3) is 0.241. The van der Waals surface area contributed by atoms with Crippen LogP contribution in [0.25, 0.3) is 11.1 Å². The van der Waals surface area contributed by atoms with Crippen LogP contribution in [0.4, 0.5) is 0 Å². The molecule has 36 heavy (non-hydrogen) atoms. The van der Waals surface area contributed by atoms with Crippen molar-refractivity contribution in [3.05, 3.63) is 114 Å². The zero-order valence-corrected chi connectivity index (χ0v) is 20.7. The lowest BCUT2D eigenvalue weighted by Crippen LogP contribution is -2.31. The lowest BCUT2D eigenvalue weighted by Gasteiger charge is -2.36. The summed E-state index contributed by atoms with van der Waals surface area (Å²) in [6.45, 7) is 0.540. The molecule has 3 N–H and O–H groups in total. The average molecular weight is 500 g/mol. The maximum Gasteiger partial charge on any atom is 0.187 e. The first-order chi connectivity index (χ1) is 17.7. The molecule has 184 valence electrons. The third-order valence-corrected chi connectivity index (χ3v) is 7.24. The summed E-state index contributed by atoms with van der Waals surface area (Å²) in [7, 11) is 0. The van der Waals surface area contributed by atoms with Crippen LogP contribution >= 0.6 is 11.8 Å². The Bertz CT molecular complexity index is 1250. The molecule has 1 fully saturated rings. The number of aromatic nitrogens is 2. The summed E-state index contributed by atoms with van der Waals surface area (Å²) < 4.78 is 12.9. The van der Waals surface area contributed by atoms with E-state index in [1.54, 1.807) is 24.2 Å². The Balaban J connectivity index is 1.36. The fourth-order valence-corrected chi connectivity index (χ4v) is 5.08. The molecule has 1 aromatic heterocycles. The molecule has 3 atom stereocenters. The monoisotopic (exact) mass is 499 g/mol. The van der Waals surface area contributed by atoms with E-state index in [2.05, 4.69) is 46.4 Å². The minimum absolute atomic E-state index is 0.0222. The average Bonchev–Trinajstić information content (AvgIpc) is 2.96. The van der Waals surface area contributed by atoms with E-state index >= 15 is 0 Å². The molecule has 0 saturated carbocycles. The highest BCUT2D eigenvalue weighted by Crippen LogP contribution is 2.39. The third kappa shape index (κ3) is 6.00. The normalized spacial score (nSPS) is 19.8. The number of rotatable bonds is 8. The fourth-order valence-electron chi connectivity index (χ4n) is 4.26. The van der Waals surface area contributed by atoms with Crippen molar-refractivity contribution in [3.8, 4) is 11.1 Å². The molecule has 0 bridgehead atoms. The maximum absolute atomic E-state index is 9.41. The quantitative estimate of drug-likeness (QED) is 0.247. The van der Waals surface area contributed by atoms with Gasteiger partial charge in [0.2, 0.25) is 0 Å². The molecular weight excluding hydrogens is 470 g/mol. The summed E-state index contributed by atoms with van der Waals surface area (Å²) in [5.41, 5.74) is 12.1.